The zero-order valence-electron chi connectivity index (χ0n) is 13.9. The lowest BCUT2D eigenvalue weighted by atomic mass is 10.0. The molecule has 3 rings (SSSR count). The third-order valence-corrected chi connectivity index (χ3v) is 5.67. The zero-order valence-corrected chi connectivity index (χ0v) is 14.7. The van der Waals surface area contributed by atoms with Gasteiger partial charge in [-0.05, 0) is 19.8 Å². The van der Waals surface area contributed by atoms with Gasteiger partial charge in [-0.1, -0.05) is 3.89 Å². The maximum Gasteiger partial charge on any atom is 0.374 e. The lowest BCUT2D eigenvalue weighted by Crippen LogP contribution is -2.58. The summed E-state index contributed by atoms with van der Waals surface area (Å²) in [6.07, 6.45) is 1.59. The van der Waals surface area contributed by atoms with E-state index in [0.29, 0.717) is 19.6 Å². The highest BCUT2D eigenvalue weighted by Gasteiger charge is 2.37. The quantitative estimate of drug-likeness (QED) is 0.713. The van der Waals surface area contributed by atoms with Crippen LogP contribution >= 0.6 is 0 Å². The number of hydrogen-bond donors (Lipinski definition) is 0. The molecule has 0 aliphatic carbocycles. The van der Waals surface area contributed by atoms with Crippen LogP contribution in [0.15, 0.2) is 6.07 Å². The van der Waals surface area contributed by atoms with Crippen LogP contribution in [0.5, 0.6) is 0 Å². The molecule has 10 heteroatoms. The number of hydrogen-bond acceptors (Lipinski definition) is 5. The summed E-state index contributed by atoms with van der Waals surface area (Å²) in [4.78, 5) is 16.6. The molecule has 2 aliphatic rings. The predicted octanol–water partition coefficient (Wildman–Crippen LogP) is 0.0558. The molecule has 2 fully saturated rings. The summed E-state index contributed by atoms with van der Waals surface area (Å²) in [5.74, 6) is 0.771. The Labute approximate surface area is 141 Å². The molecule has 0 radical (unpaired) electrons. The number of amides is 1. The highest BCUT2D eigenvalue weighted by molar-refractivity contribution is 7.83. The summed E-state index contributed by atoms with van der Waals surface area (Å²) < 4.78 is 37.5. The van der Waals surface area contributed by atoms with Crippen LogP contribution in [0.2, 0.25) is 0 Å². The van der Waals surface area contributed by atoms with Crippen LogP contribution in [-0.2, 0) is 22.3 Å². The predicted molar refractivity (Wildman–Crippen MR) is 86.5 cm³/mol. The summed E-state index contributed by atoms with van der Waals surface area (Å²) in [6.45, 7) is 3.40. The Morgan fingerprint density at radius 3 is 2.42 bits per heavy atom. The molecule has 134 valence electrons. The molecule has 2 saturated heterocycles. The van der Waals surface area contributed by atoms with E-state index in [0.717, 1.165) is 28.7 Å². The van der Waals surface area contributed by atoms with Crippen LogP contribution in [-0.4, -0.2) is 72.1 Å². The zero-order chi connectivity index (χ0) is 17.5. The molecule has 24 heavy (non-hydrogen) atoms. The number of piperidine rings is 1. The van der Waals surface area contributed by atoms with Gasteiger partial charge in [0.05, 0.1) is 11.7 Å². The third kappa shape index (κ3) is 3.31. The number of aryl methyl sites for hydroxylation is 2. The first-order valence-corrected chi connectivity index (χ1v) is 9.37. The number of nitrogens with zero attached hydrogens (tertiary/aromatic N) is 5. The maximum atomic E-state index is 13.0. The van der Waals surface area contributed by atoms with Crippen LogP contribution < -0.4 is 4.90 Å². The van der Waals surface area contributed by atoms with Gasteiger partial charge in [-0.2, -0.15) is 17.8 Å². The number of piperazine rings is 1. The maximum absolute atomic E-state index is 13.0. The van der Waals surface area contributed by atoms with E-state index >= 15 is 0 Å². The van der Waals surface area contributed by atoms with E-state index in [2.05, 4.69) is 5.10 Å². The number of rotatable bonds is 3. The molecule has 8 nitrogen and oxygen atoms in total. The summed E-state index contributed by atoms with van der Waals surface area (Å²) in [7, 11) is -2.84. The Balaban J connectivity index is 1.71. The molecule has 3 heterocycles. The first-order valence-electron chi connectivity index (χ1n) is 8.03. The van der Waals surface area contributed by atoms with Gasteiger partial charge in [0, 0.05) is 45.8 Å². The monoisotopic (exact) mass is 359 g/mol. The van der Waals surface area contributed by atoms with Crippen LogP contribution in [0.3, 0.4) is 0 Å². The smallest absolute Gasteiger partial charge is 0.296 e. The largest absolute Gasteiger partial charge is 0.374 e. The first-order chi connectivity index (χ1) is 11.3. The van der Waals surface area contributed by atoms with E-state index in [1.807, 2.05) is 24.9 Å². The minimum Gasteiger partial charge on any atom is -0.296 e. The lowest BCUT2D eigenvalue weighted by Gasteiger charge is -2.41. The Bertz CT molecular complexity index is 727. The van der Waals surface area contributed by atoms with Crippen molar-refractivity contribution in [1.29, 1.82) is 0 Å². The third-order valence-electron chi connectivity index (χ3n) is 4.69. The van der Waals surface area contributed by atoms with Crippen LogP contribution in [0.25, 0.3) is 0 Å². The molecule has 1 unspecified atom stereocenters. The average Bonchev–Trinajstić information content (AvgIpc) is 2.85. The number of carbonyl (C=O) groups excluding carboxylic acids is 1. The van der Waals surface area contributed by atoms with Crippen molar-refractivity contribution < 1.29 is 17.1 Å². The fourth-order valence-corrected chi connectivity index (χ4v) is 4.10. The highest BCUT2D eigenvalue weighted by atomic mass is 32.3. The fourth-order valence-electron chi connectivity index (χ4n) is 3.51. The SMILES string of the molecule is Cc1cc(N2CCCC(N3CCN(S(=O)(=O)F)CC3)C2=O)n(C)n1. The summed E-state index contributed by atoms with van der Waals surface area (Å²) in [6, 6.07) is 1.59. The molecule has 0 saturated carbocycles. The van der Waals surface area contributed by atoms with Crippen molar-refractivity contribution in [2.45, 2.75) is 25.8 Å². The molecule has 0 bridgehead atoms. The molecule has 1 amide bonds. The first kappa shape index (κ1) is 17.3. The van der Waals surface area contributed by atoms with Crippen molar-refractivity contribution in [2.24, 2.45) is 7.05 Å². The van der Waals surface area contributed by atoms with Crippen molar-refractivity contribution in [1.82, 2.24) is 19.0 Å². The number of halogens is 1. The lowest BCUT2D eigenvalue weighted by molar-refractivity contribution is -0.126. The molecule has 0 spiro atoms. The fraction of sp³-hybridized carbons (Fsp3) is 0.714. The van der Waals surface area contributed by atoms with E-state index in [-0.39, 0.29) is 25.0 Å². The van der Waals surface area contributed by atoms with E-state index in [1.54, 1.807) is 9.58 Å². The van der Waals surface area contributed by atoms with Gasteiger partial charge in [-0.3, -0.25) is 19.3 Å². The minimum absolute atomic E-state index is 0.000746. The molecule has 1 aromatic rings. The van der Waals surface area contributed by atoms with E-state index in [1.165, 1.54) is 0 Å². The molecule has 1 atom stereocenters. The highest BCUT2D eigenvalue weighted by Crippen LogP contribution is 2.25. The van der Waals surface area contributed by atoms with Crippen LogP contribution in [0.4, 0.5) is 9.70 Å². The number of carbonyl (C=O) groups is 1. The van der Waals surface area contributed by atoms with E-state index in [9.17, 15) is 17.1 Å². The van der Waals surface area contributed by atoms with Gasteiger partial charge in [-0.25, -0.2) is 0 Å². The Kier molecular flexibility index (Phi) is 4.63. The van der Waals surface area contributed by atoms with Gasteiger partial charge >= 0.3 is 10.4 Å². The van der Waals surface area contributed by atoms with Crippen LogP contribution in [0.1, 0.15) is 18.5 Å². The summed E-state index contributed by atoms with van der Waals surface area (Å²) in [5.41, 5.74) is 0.851. The molecule has 2 aliphatic heterocycles. The Morgan fingerprint density at radius 2 is 1.88 bits per heavy atom. The molecular weight excluding hydrogens is 337 g/mol. The molecule has 0 N–H and O–H groups in total. The van der Waals surface area contributed by atoms with Crippen molar-refractivity contribution in [3.63, 3.8) is 0 Å². The van der Waals surface area contributed by atoms with Gasteiger partial charge in [0.15, 0.2) is 0 Å². The second-order valence-electron chi connectivity index (χ2n) is 6.29. The summed E-state index contributed by atoms with van der Waals surface area (Å²) >= 11 is 0. The van der Waals surface area contributed by atoms with Crippen LogP contribution in [0, 0.1) is 6.92 Å². The minimum atomic E-state index is -4.65. The van der Waals surface area contributed by atoms with Gasteiger partial charge in [0.2, 0.25) is 5.91 Å². The van der Waals surface area contributed by atoms with Crippen molar-refractivity contribution in [2.75, 3.05) is 37.6 Å². The normalized spacial score (nSPS) is 24.5. The van der Waals surface area contributed by atoms with Gasteiger partial charge < -0.3 is 0 Å². The van der Waals surface area contributed by atoms with Gasteiger partial charge in [0.1, 0.15) is 5.82 Å². The van der Waals surface area contributed by atoms with Gasteiger partial charge in [-0.15, -0.1) is 0 Å². The Morgan fingerprint density at radius 1 is 1.21 bits per heavy atom. The van der Waals surface area contributed by atoms with Gasteiger partial charge in [0.25, 0.3) is 0 Å². The van der Waals surface area contributed by atoms with E-state index in [4.69, 9.17) is 0 Å². The number of anilines is 1. The Hall–Kier alpha value is -1.52. The van der Waals surface area contributed by atoms with E-state index < -0.39 is 10.4 Å². The standard InChI is InChI=1S/C14H22FN5O3S/c1-11-10-13(17(2)16-11)20-5-3-4-12(14(20)21)18-6-8-19(9-7-18)24(15,22)23/h10,12H,3-9H2,1-2H3. The van der Waals surface area contributed by atoms with Crippen molar-refractivity contribution in [3.8, 4) is 0 Å². The summed E-state index contributed by atoms with van der Waals surface area (Å²) in [5, 5.41) is 4.29. The number of aromatic nitrogens is 2. The molecule has 1 aromatic heterocycles. The molecule has 0 aromatic carbocycles. The van der Waals surface area contributed by atoms with Crippen molar-refractivity contribution >= 4 is 22.1 Å². The second-order valence-corrected chi connectivity index (χ2v) is 7.63. The molecular formula is C14H22FN5O3S. The van der Waals surface area contributed by atoms with Crippen molar-refractivity contribution in [3.05, 3.63) is 11.8 Å². The second kappa shape index (κ2) is 6.41. The average molecular weight is 359 g/mol. The topological polar surface area (TPSA) is 78.8 Å².